The maximum atomic E-state index is 13.6. The van der Waals surface area contributed by atoms with Crippen LogP contribution in [0.25, 0.3) is 0 Å². The third-order valence-electron chi connectivity index (χ3n) is 5.72. The normalized spacial score (nSPS) is 12.1. The molecule has 6 heteroatoms. The van der Waals surface area contributed by atoms with Gasteiger partial charge in [0.2, 0.25) is 5.91 Å². The zero-order valence-corrected chi connectivity index (χ0v) is 21.7. The van der Waals surface area contributed by atoms with Gasteiger partial charge in [0.15, 0.2) is 6.61 Å². The van der Waals surface area contributed by atoms with Crippen molar-refractivity contribution in [1.29, 1.82) is 0 Å². The first-order valence-corrected chi connectivity index (χ1v) is 12.1. The molecule has 2 amide bonds. The molecule has 36 heavy (non-hydrogen) atoms. The van der Waals surface area contributed by atoms with Crippen molar-refractivity contribution < 1.29 is 18.7 Å². The van der Waals surface area contributed by atoms with E-state index in [9.17, 15) is 14.0 Å². The van der Waals surface area contributed by atoms with Crippen molar-refractivity contribution in [2.45, 2.75) is 59.2 Å². The molecule has 5 nitrogen and oxygen atoms in total. The number of halogens is 1. The van der Waals surface area contributed by atoms with E-state index >= 15 is 0 Å². The summed E-state index contributed by atoms with van der Waals surface area (Å²) in [6.07, 6.45) is 0.333. The van der Waals surface area contributed by atoms with Crippen molar-refractivity contribution in [3.63, 3.8) is 0 Å². The summed E-state index contributed by atoms with van der Waals surface area (Å²) in [5.41, 5.74) is 3.20. The molecule has 1 atom stereocenters. The number of ether oxygens (including phenoxy) is 1. The largest absolute Gasteiger partial charge is 0.483 e. The van der Waals surface area contributed by atoms with Crippen LogP contribution in [-0.2, 0) is 22.6 Å². The second kappa shape index (κ2) is 11.8. The number of carbonyl (C=O) groups is 2. The van der Waals surface area contributed by atoms with Gasteiger partial charge in [0.05, 0.1) is 0 Å². The Morgan fingerprint density at radius 2 is 1.61 bits per heavy atom. The van der Waals surface area contributed by atoms with Gasteiger partial charge in [-0.2, -0.15) is 0 Å². The van der Waals surface area contributed by atoms with Crippen LogP contribution in [0.15, 0.2) is 72.8 Å². The van der Waals surface area contributed by atoms with Crippen LogP contribution in [-0.4, -0.2) is 34.9 Å². The van der Waals surface area contributed by atoms with E-state index in [1.165, 1.54) is 17.0 Å². The number of nitrogens with one attached hydrogen (secondary N) is 1. The summed E-state index contributed by atoms with van der Waals surface area (Å²) in [6, 6.07) is 20.5. The summed E-state index contributed by atoms with van der Waals surface area (Å²) in [5, 5.41) is 3.03. The molecule has 0 heterocycles. The van der Waals surface area contributed by atoms with Crippen molar-refractivity contribution in [1.82, 2.24) is 10.2 Å². The number of rotatable bonds is 9. The third kappa shape index (κ3) is 7.94. The summed E-state index contributed by atoms with van der Waals surface area (Å²) in [5.74, 6) is -0.326. The number of aryl methyl sites for hydroxylation is 2. The third-order valence-corrected chi connectivity index (χ3v) is 5.72. The molecule has 0 aromatic heterocycles. The fraction of sp³-hybridized carbons (Fsp3) is 0.333. The molecule has 0 radical (unpaired) electrons. The molecule has 190 valence electrons. The molecule has 1 N–H and O–H groups in total. The van der Waals surface area contributed by atoms with Crippen molar-refractivity contribution in [3.05, 3.63) is 101 Å². The van der Waals surface area contributed by atoms with Gasteiger partial charge in [0.25, 0.3) is 5.91 Å². The number of amides is 2. The smallest absolute Gasteiger partial charge is 0.261 e. The molecule has 3 rings (SSSR count). The van der Waals surface area contributed by atoms with Crippen LogP contribution < -0.4 is 10.1 Å². The van der Waals surface area contributed by atoms with E-state index in [-0.39, 0.29) is 30.8 Å². The van der Waals surface area contributed by atoms with Crippen molar-refractivity contribution in [2.75, 3.05) is 6.61 Å². The highest BCUT2D eigenvalue weighted by Crippen LogP contribution is 2.20. The van der Waals surface area contributed by atoms with Gasteiger partial charge in [-0.3, -0.25) is 9.59 Å². The highest BCUT2D eigenvalue weighted by Gasteiger charge is 2.32. The van der Waals surface area contributed by atoms with Gasteiger partial charge in [-0.1, -0.05) is 60.2 Å². The lowest BCUT2D eigenvalue weighted by Crippen LogP contribution is -2.55. The number of hydrogen-bond acceptors (Lipinski definition) is 3. The van der Waals surface area contributed by atoms with Gasteiger partial charge in [0, 0.05) is 18.5 Å². The van der Waals surface area contributed by atoms with Crippen LogP contribution in [0.1, 0.15) is 43.0 Å². The van der Waals surface area contributed by atoms with Crippen molar-refractivity contribution in [3.8, 4) is 5.75 Å². The molecule has 0 aliphatic rings. The summed E-state index contributed by atoms with van der Waals surface area (Å²) in [7, 11) is 0. The van der Waals surface area contributed by atoms with E-state index in [2.05, 4.69) is 5.32 Å². The highest BCUT2D eigenvalue weighted by molar-refractivity contribution is 5.89. The first-order valence-electron chi connectivity index (χ1n) is 12.1. The monoisotopic (exact) mass is 490 g/mol. The number of hydrogen-bond donors (Lipinski definition) is 1. The molecule has 0 spiro atoms. The van der Waals surface area contributed by atoms with E-state index < -0.39 is 11.6 Å². The highest BCUT2D eigenvalue weighted by atomic mass is 19.1. The van der Waals surface area contributed by atoms with E-state index in [1.807, 2.05) is 83.1 Å². The first kappa shape index (κ1) is 26.9. The minimum atomic E-state index is -0.785. The standard InChI is InChI=1S/C30H35FN2O3/c1-21-11-16-27(22(2)17-21)36-20-28(34)33(19-24-12-14-25(31)15-13-24)26(29(35)32-30(3,4)5)18-23-9-7-6-8-10-23/h6-17,26H,18-20H2,1-5H3,(H,32,35)/t26-/m1/s1. The Labute approximate surface area is 213 Å². The van der Waals surface area contributed by atoms with E-state index in [4.69, 9.17) is 4.74 Å². The number of nitrogens with zero attached hydrogens (tertiary/aromatic N) is 1. The van der Waals surface area contributed by atoms with Gasteiger partial charge >= 0.3 is 0 Å². The van der Waals surface area contributed by atoms with Gasteiger partial charge in [-0.05, 0) is 69.5 Å². The Bertz CT molecular complexity index is 1170. The van der Waals surface area contributed by atoms with Gasteiger partial charge in [-0.25, -0.2) is 4.39 Å². The number of benzene rings is 3. The van der Waals surface area contributed by atoms with E-state index in [0.29, 0.717) is 12.2 Å². The van der Waals surface area contributed by atoms with Crippen LogP contribution in [0.5, 0.6) is 5.75 Å². The SMILES string of the molecule is Cc1ccc(OCC(=O)N(Cc2ccc(F)cc2)[C@H](Cc2ccccc2)C(=O)NC(C)(C)C)c(C)c1. The molecular weight excluding hydrogens is 455 g/mol. The lowest BCUT2D eigenvalue weighted by atomic mass is 10.0. The predicted molar refractivity (Wildman–Crippen MR) is 140 cm³/mol. The summed E-state index contributed by atoms with van der Waals surface area (Å²) in [6.45, 7) is 9.55. The lowest BCUT2D eigenvalue weighted by Gasteiger charge is -2.33. The molecule has 0 aliphatic carbocycles. The van der Waals surface area contributed by atoms with Crippen LogP contribution in [0, 0.1) is 19.7 Å². The van der Waals surface area contributed by atoms with E-state index in [0.717, 1.165) is 22.3 Å². The fourth-order valence-corrected chi connectivity index (χ4v) is 3.98. The molecule has 0 bridgehead atoms. The average molecular weight is 491 g/mol. The molecular formula is C30H35FN2O3. The molecule has 3 aromatic carbocycles. The second-order valence-electron chi connectivity index (χ2n) is 10.2. The molecule has 0 saturated carbocycles. The minimum absolute atomic E-state index is 0.143. The van der Waals surface area contributed by atoms with Gasteiger partial charge in [0.1, 0.15) is 17.6 Å². The second-order valence-corrected chi connectivity index (χ2v) is 10.2. The summed E-state index contributed by atoms with van der Waals surface area (Å²) in [4.78, 5) is 28.7. The fourth-order valence-electron chi connectivity index (χ4n) is 3.98. The maximum absolute atomic E-state index is 13.6. The molecule has 0 saturated heterocycles. The maximum Gasteiger partial charge on any atom is 0.261 e. The van der Waals surface area contributed by atoms with Crippen LogP contribution in [0.2, 0.25) is 0 Å². The van der Waals surface area contributed by atoms with Crippen molar-refractivity contribution >= 4 is 11.8 Å². The Morgan fingerprint density at radius 1 is 0.944 bits per heavy atom. The number of carbonyl (C=O) groups excluding carboxylic acids is 2. The Balaban J connectivity index is 1.93. The van der Waals surface area contributed by atoms with Crippen LogP contribution in [0.3, 0.4) is 0 Å². The first-order chi connectivity index (χ1) is 17.0. The van der Waals surface area contributed by atoms with Crippen LogP contribution >= 0.6 is 0 Å². The molecule has 0 aliphatic heterocycles. The molecule has 0 unspecified atom stereocenters. The minimum Gasteiger partial charge on any atom is -0.483 e. The topological polar surface area (TPSA) is 58.6 Å². The Morgan fingerprint density at radius 3 is 2.22 bits per heavy atom. The Hall–Kier alpha value is -3.67. The molecule has 3 aromatic rings. The van der Waals surface area contributed by atoms with Gasteiger partial charge in [-0.15, -0.1) is 0 Å². The van der Waals surface area contributed by atoms with Crippen molar-refractivity contribution in [2.24, 2.45) is 0 Å². The predicted octanol–water partition coefficient (Wildman–Crippen LogP) is 5.38. The Kier molecular flexibility index (Phi) is 8.86. The van der Waals surface area contributed by atoms with Gasteiger partial charge < -0.3 is 15.0 Å². The lowest BCUT2D eigenvalue weighted by molar-refractivity contribution is -0.143. The summed E-state index contributed by atoms with van der Waals surface area (Å²) < 4.78 is 19.4. The van der Waals surface area contributed by atoms with E-state index in [1.54, 1.807) is 12.1 Å². The molecule has 0 fully saturated rings. The van der Waals surface area contributed by atoms with Crippen LogP contribution in [0.4, 0.5) is 4.39 Å². The summed E-state index contributed by atoms with van der Waals surface area (Å²) >= 11 is 0. The zero-order valence-electron chi connectivity index (χ0n) is 21.7. The average Bonchev–Trinajstić information content (AvgIpc) is 2.81. The quantitative estimate of drug-likeness (QED) is 0.438. The zero-order chi connectivity index (χ0) is 26.3.